The summed E-state index contributed by atoms with van der Waals surface area (Å²) in [5.74, 6) is 4.58. The van der Waals surface area contributed by atoms with Crippen molar-refractivity contribution in [1.29, 1.82) is 0 Å². The maximum Gasteiger partial charge on any atom is 0.0603 e. The summed E-state index contributed by atoms with van der Waals surface area (Å²) in [4.78, 5) is 0. The van der Waals surface area contributed by atoms with Crippen LogP contribution in [-0.2, 0) is 4.74 Å². The van der Waals surface area contributed by atoms with E-state index in [0.717, 1.165) is 36.2 Å². The molecule has 0 aromatic rings. The third-order valence-electron chi connectivity index (χ3n) is 6.62. The summed E-state index contributed by atoms with van der Waals surface area (Å²) in [5.41, 5.74) is 0. The van der Waals surface area contributed by atoms with Gasteiger partial charge in [0.1, 0.15) is 0 Å². The van der Waals surface area contributed by atoms with E-state index in [1.165, 1.54) is 57.8 Å². The molecule has 0 radical (unpaired) electrons. The zero-order valence-corrected chi connectivity index (χ0v) is 14.9. The highest BCUT2D eigenvalue weighted by Gasteiger charge is 2.38. The van der Waals surface area contributed by atoms with Crippen molar-refractivity contribution in [3.63, 3.8) is 0 Å². The lowest BCUT2D eigenvalue weighted by Crippen LogP contribution is -2.40. The lowest BCUT2D eigenvalue weighted by atomic mass is 9.63. The number of hydrogen-bond donors (Lipinski definition) is 0. The van der Waals surface area contributed by atoms with E-state index >= 15 is 0 Å². The first-order valence-corrected chi connectivity index (χ1v) is 9.75. The second-order valence-corrected chi connectivity index (χ2v) is 8.10. The highest BCUT2D eigenvalue weighted by Crippen LogP contribution is 2.45. The molecule has 2 rings (SSSR count). The average molecular weight is 295 g/mol. The molecule has 0 amide bonds. The van der Waals surface area contributed by atoms with Crippen molar-refractivity contribution in [1.82, 2.24) is 0 Å². The Morgan fingerprint density at radius 3 is 2.19 bits per heavy atom. The summed E-state index contributed by atoms with van der Waals surface area (Å²) >= 11 is 0. The molecular weight excluding hydrogens is 256 g/mol. The first-order chi connectivity index (χ1) is 10.1. The van der Waals surface area contributed by atoms with Crippen molar-refractivity contribution < 1.29 is 4.74 Å². The number of ether oxygens (including phenoxy) is 1. The van der Waals surface area contributed by atoms with Crippen LogP contribution in [0.3, 0.4) is 0 Å². The van der Waals surface area contributed by atoms with Crippen LogP contribution in [0.15, 0.2) is 0 Å². The largest absolute Gasteiger partial charge is 0.378 e. The molecule has 0 N–H and O–H groups in total. The maximum atomic E-state index is 6.22. The van der Waals surface area contributed by atoms with Gasteiger partial charge in [-0.05, 0) is 61.7 Å². The molecule has 0 saturated heterocycles. The van der Waals surface area contributed by atoms with Gasteiger partial charge in [0.25, 0.3) is 0 Å². The molecule has 0 aromatic heterocycles. The molecule has 2 saturated carbocycles. The Hall–Kier alpha value is -0.0400. The van der Waals surface area contributed by atoms with Crippen molar-refractivity contribution in [2.45, 2.75) is 91.6 Å². The van der Waals surface area contributed by atoms with Gasteiger partial charge in [-0.25, -0.2) is 0 Å². The van der Waals surface area contributed by atoms with Crippen LogP contribution in [-0.4, -0.2) is 12.7 Å². The van der Waals surface area contributed by atoms with E-state index in [1.54, 1.807) is 0 Å². The van der Waals surface area contributed by atoms with E-state index in [0.29, 0.717) is 6.10 Å². The first-order valence-electron chi connectivity index (χ1n) is 9.75. The topological polar surface area (TPSA) is 9.23 Å². The van der Waals surface area contributed by atoms with Crippen LogP contribution in [0.4, 0.5) is 0 Å². The number of rotatable bonds is 6. The van der Waals surface area contributed by atoms with Crippen molar-refractivity contribution in [3.05, 3.63) is 0 Å². The molecule has 0 aliphatic heterocycles. The minimum Gasteiger partial charge on any atom is -0.378 e. The molecule has 4 atom stereocenters. The third kappa shape index (κ3) is 4.71. The quantitative estimate of drug-likeness (QED) is 0.540. The van der Waals surface area contributed by atoms with E-state index in [-0.39, 0.29) is 0 Å². The summed E-state index contributed by atoms with van der Waals surface area (Å²) in [6.45, 7) is 10.6. The summed E-state index contributed by atoms with van der Waals surface area (Å²) in [5, 5.41) is 0. The van der Waals surface area contributed by atoms with Gasteiger partial charge in [-0.2, -0.15) is 0 Å². The Kier molecular flexibility index (Phi) is 7.05. The fourth-order valence-corrected chi connectivity index (χ4v) is 4.81. The van der Waals surface area contributed by atoms with E-state index in [9.17, 15) is 0 Å². The molecule has 1 heteroatoms. The first kappa shape index (κ1) is 17.3. The smallest absolute Gasteiger partial charge is 0.0603 e. The molecule has 4 unspecified atom stereocenters. The summed E-state index contributed by atoms with van der Waals surface area (Å²) in [6.07, 6.45) is 13.1. The third-order valence-corrected chi connectivity index (χ3v) is 6.62. The Balaban J connectivity index is 1.78. The standard InChI is InChI=1S/C20H38O/c1-5-6-7-14-21-20-13-12-19(16(3)17(20)4)18-10-8-15(2)9-11-18/h15-20H,5-14H2,1-4H3. The summed E-state index contributed by atoms with van der Waals surface area (Å²) < 4.78 is 6.22. The van der Waals surface area contributed by atoms with E-state index < -0.39 is 0 Å². The van der Waals surface area contributed by atoms with Gasteiger partial charge in [0.15, 0.2) is 0 Å². The molecule has 2 aliphatic carbocycles. The van der Waals surface area contributed by atoms with E-state index in [4.69, 9.17) is 4.74 Å². The minimum absolute atomic E-state index is 0.538. The molecule has 124 valence electrons. The van der Waals surface area contributed by atoms with Crippen molar-refractivity contribution in [3.8, 4) is 0 Å². The molecule has 21 heavy (non-hydrogen) atoms. The van der Waals surface area contributed by atoms with Gasteiger partial charge in [-0.15, -0.1) is 0 Å². The molecule has 0 bridgehead atoms. The van der Waals surface area contributed by atoms with Gasteiger partial charge in [-0.3, -0.25) is 0 Å². The SMILES string of the molecule is CCCCCOC1CCC(C2CCC(C)CC2)C(C)C1C. The predicted molar refractivity (Wildman–Crippen MR) is 91.4 cm³/mol. The summed E-state index contributed by atoms with van der Waals surface area (Å²) in [6, 6.07) is 0. The fraction of sp³-hybridized carbons (Fsp3) is 1.00. The van der Waals surface area contributed by atoms with E-state index in [2.05, 4.69) is 27.7 Å². The molecule has 0 heterocycles. The molecule has 2 aliphatic rings. The Morgan fingerprint density at radius 1 is 0.810 bits per heavy atom. The zero-order chi connectivity index (χ0) is 15.2. The fourth-order valence-electron chi connectivity index (χ4n) is 4.81. The molecular formula is C20H38O. The molecule has 1 nitrogen and oxygen atoms in total. The van der Waals surface area contributed by atoms with Crippen LogP contribution in [0.5, 0.6) is 0 Å². The van der Waals surface area contributed by atoms with Crippen LogP contribution < -0.4 is 0 Å². The average Bonchev–Trinajstić information content (AvgIpc) is 2.49. The highest BCUT2D eigenvalue weighted by molar-refractivity contribution is 4.88. The summed E-state index contributed by atoms with van der Waals surface area (Å²) in [7, 11) is 0. The van der Waals surface area contributed by atoms with Gasteiger partial charge in [0.05, 0.1) is 6.10 Å². The predicted octanol–water partition coefficient (Wildman–Crippen LogP) is 6.07. The van der Waals surface area contributed by atoms with Gasteiger partial charge in [-0.1, -0.05) is 53.4 Å². The molecule has 0 aromatic carbocycles. The van der Waals surface area contributed by atoms with Crippen LogP contribution in [0.25, 0.3) is 0 Å². The monoisotopic (exact) mass is 294 g/mol. The van der Waals surface area contributed by atoms with Crippen LogP contribution in [0, 0.1) is 29.6 Å². The second kappa shape index (κ2) is 8.56. The lowest BCUT2D eigenvalue weighted by molar-refractivity contribution is -0.0559. The van der Waals surface area contributed by atoms with E-state index in [1.807, 2.05) is 0 Å². The van der Waals surface area contributed by atoms with Crippen LogP contribution >= 0.6 is 0 Å². The normalized spacial score (nSPS) is 41.1. The lowest BCUT2D eigenvalue weighted by Gasteiger charge is -2.45. The highest BCUT2D eigenvalue weighted by atomic mass is 16.5. The van der Waals surface area contributed by atoms with Crippen LogP contribution in [0.1, 0.15) is 85.5 Å². The van der Waals surface area contributed by atoms with Crippen LogP contribution in [0.2, 0.25) is 0 Å². The van der Waals surface area contributed by atoms with Crippen molar-refractivity contribution in [2.24, 2.45) is 29.6 Å². The zero-order valence-electron chi connectivity index (χ0n) is 14.9. The minimum atomic E-state index is 0.538. The van der Waals surface area contributed by atoms with Crippen molar-refractivity contribution in [2.75, 3.05) is 6.61 Å². The van der Waals surface area contributed by atoms with Gasteiger partial charge in [0.2, 0.25) is 0 Å². The van der Waals surface area contributed by atoms with Gasteiger partial charge < -0.3 is 4.74 Å². The number of unbranched alkanes of at least 4 members (excludes halogenated alkanes) is 2. The maximum absolute atomic E-state index is 6.22. The van der Waals surface area contributed by atoms with Gasteiger partial charge >= 0.3 is 0 Å². The Labute approximate surface area is 133 Å². The van der Waals surface area contributed by atoms with Crippen molar-refractivity contribution >= 4 is 0 Å². The van der Waals surface area contributed by atoms with Gasteiger partial charge in [0, 0.05) is 6.61 Å². The Morgan fingerprint density at radius 2 is 1.52 bits per heavy atom. The molecule has 0 spiro atoms. The molecule has 2 fully saturated rings. The second-order valence-electron chi connectivity index (χ2n) is 8.10. The number of hydrogen-bond acceptors (Lipinski definition) is 1. The Bertz CT molecular complexity index is 280.